The predicted octanol–water partition coefficient (Wildman–Crippen LogP) is 2.87. The number of aromatic amines is 1. The largest absolute Gasteiger partial charge is 0.381 e. The number of aromatic nitrogens is 4. The second-order valence-corrected chi connectivity index (χ2v) is 6.73. The van der Waals surface area contributed by atoms with E-state index in [2.05, 4.69) is 41.2 Å². The van der Waals surface area contributed by atoms with Crippen molar-refractivity contribution in [1.82, 2.24) is 19.7 Å². The van der Waals surface area contributed by atoms with E-state index in [1.807, 2.05) is 36.7 Å². The molecule has 6 heteroatoms. The molecule has 1 aromatic carbocycles. The van der Waals surface area contributed by atoms with Gasteiger partial charge in [0.25, 0.3) is 5.56 Å². The van der Waals surface area contributed by atoms with Gasteiger partial charge in [-0.3, -0.25) is 14.6 Å². The van der Waals surface area contributed by atoms with Crippen LogP contribution in [-0.2, 0) is 12.0 Å². The summed E-state index contributed by atoms with van der Waals surface area (Å²) in [5, 5.41) is 6.05. The molecule has 2 heterocycles. The summed E-state index contributed by atoms with van der Waals surface area (Å²) >= 11 is 0. The lowest BCUT2D eigenvalue weighted by Crippen LogP contribution is -2.16. The van der Waals surface area contributed by atoms with Crippen molar-refractivity contribution in [3.63, 3.8) is 0 Å². The molecule has 2 aromatic heterocycles. The fourth-order valence-electron chi connectivity index (χ4n) is 2.26. The van der Waals surface area contributed by atoms with Crippen LogP contribution in [0.3, 0.4) is 0 Å². The highest BCUT2D eigenvalue weighted by Gasteiger charge is 2.16. The number of benzene rings is 1. The molecule has 6 nitrogen and oxygen atoms in total. The Kier molecular flexibility index (Phi) is 4.20. The Labute approximate surface area is 140 Å². The highest BCUT2D eigenvalue weighted by molar-refractivity contribution is 5.48. The number of hydrogen-bond acceptors (Lipinski definition) is 4. The number of nitrogens with zero attached hydrogens (tertiary/aromatic N) is 3. The van der Waals surface area contributed by atoms with Gasteiger partial charge in [-0.25, -0.2) is 9.97 Å². The van der Waals surface area contributed by atoms with Gasteiger partial charge in [0.05, 0.1) is 5.69 Å². The molecule has 0 aliphatic rings. The van der Waals surface area contributed by atoms with Gasteiger partial charge in [0, 0.05) is 47.9 Å². The predicted molar refractivity (Wildman–Crippen MR) is 94.4 cm³/mol. The van der Waals surface area contributed by atoms with Crippen LogP contribution in [-0.4, -0.2) is 19.7 Å². The molecule has 24 heavy (non-hydrogen) atoms. The van der Waals surface area contributed by atoms with Gasteiger partial charge in [0.2, 0.25) is 0 Å². The van der Waals surface area contributed by atoms with Crippen LogP contribution in [0.2, 0.25) is 0 Å². The number of hydrogen-bond donors (Lipinski definition) is 2. The Bertz CT molecular complexity index is 854. The molecule has 0 atom stereocenters. The van der Waals surface area contributed by atoms with Gasteiger partial charge in [0.1, 0.15) is 5.82 Å². The van der Waals surface area contributed by atoms with Crippen molar-refractivity contribution in [3.05, 3.63) is 70.7 Å². The molecule has 0 fully saturated rings. The molecule has 124 valence electrons. The first kappa shape index (κ1) is 16.0. The highest BCUT2D eigenvalue weighted by Crippen LogP contribution is 2.17. The van der Waals surface area contributed by atoms with Crippen LogP contribution in [0.25, 0.3) is 5.69 Å². The lowest BCUT2D eigenvalue weighted by Gasteiger charge is -2.16. The summed E-state index contributed by atoms with van der Waals surface area (Å²) in [6.45, 7) is 6.95. The third kappa shape index (κ3) is 3.71. The number of rotatable bonds is 4. The van der Waals surface area contributed by atoms with E-state index in [1.54, 1.807) is 10.9 Å². The quantitative estimate of drug-likeness (QED) is 0.774. The third-order valence-electron chi connectivity index (χ3n) is 3.62. The van der Waals surface area contributed by atoms with Crippen LogP contribution in [0.1, 0.15) is 32.2 Å². The van der Waals surface area contributed by atoms with Crippen molar-refractivity contribution >= 4 is 5.69 Å². The van der Waals surface area contributed by atoms with Gasteiger partial charge in [-0.2, -0.15) is 0 Å². The Hall–Kier alpha value is -2.89. The number of H-pyrrole nitrogens is 1. The number of nitrogens with one attached hydrogen (secondary N) is 2. The minimum Gasteiger partial charge on any atom is -0.381 e. The zero-order chi connectivity index (χ0) is 17.2. The van der Waals surface area contributed by atoms with Crippen molar-refractivity contribution in [2.75, 3.05) is 5.32 Å². The topological polar surface area (TPSA) is 75.6 Å². The lowest BCUT2D eigenvalue weighted by molar-refractivity contribution is 0.544. The van der Waals surface area contributed by atoms with E-state index < -0.39 is 0 Å². The van der Waals surface area contributed by atoms with Gasteiger partial charge < -0.3 is 5.32 Å². The molecule has 0 aliphatic heterocycles. The summed E-state index contributed by atoms with van der Waals surface area (Å²) in [6.07, 6.45) is 5.43. The molecule has 0 saturated carbocycles. The van der Waals surface area contributed by atoms with E-state index in [9.17, 15) is 4.79 Å². The second kappa shape index (κ2) is 6.31. The summed E-state index contributed by atoms with van der Waals surface area (Å²) in [5.41, 5.74) is 2.77. The van der Waals surface area contributed by atoms with Crippen LogP contribution in [0.5, 0.6) is 0 Å². The van der Waals surface area contributed by atoms with Crippen molar-refractivity contribution in [2.24, 2.45) is 0 Å². The maximum atomic E-state index is 11.2. The molecule has 3 rings (SSSR count). The molecule has 0 bridgehead atoms. The van der Waals surface area contributed by atoms with E-state index in [1.165, 1.54) is 6.07 Å². The highest BCUT2D eigenvalue weighted by atomic mass is 16.1. The second-order valence-electron chi connectivity index (χ2n) is 6.73. The molecular weight excluding hydrogens is 302 g/mol. The molecule has 0 radical (unpaired) electrons. The Morgan fingerprint density at radius 2 is 1.75 bits per heavy atom. The van der Waals surface area contributed by atoms with Gasteiger partial charge in [-0.15, -0.1) is 0 Å². The minimum absolute atomic E-state index is 0.0404. The maximum absolute atomic E-state index is 11.2. The first-order chi connectivity index (χ1) is 11.4. The molecule has 3 aromatic rings. The van der Waals surface area contributed by atoms with Crippen LogP contribution in [0.4, 0.5) is 5.69 Å². The van der Waals surface area contributed by atoms with Crippen molar-refractivity contribution in [1.29, 1.82) is 0 Å². The molecule has 0 spiro atoms. The fraction of sp³-hybridized carbons (Fsp3) is 0.278. The van der Waals surface area contributed by atoms with Crippen molar-refractivity contribution < 1.29 is 0 Å². The summed E-state index contributed by atoms with van der Waals surface area (Å²) in [5.74, 6) is 0.844. The van der Waals surface area contributed by atoms with Crippen LogP contribution in [0, 0.1) is 0 Å². The van der Waals surface area contributed by atoms with E-state index in [0.29, 0.717) is 6.54 Å². The molecule has 0 saturated heterocycles. The van der Waals surface area contributed by atoms with E-state index >= 15 is 0 Å². The Morgan fingerprint density at radius 1 is 1.08 bits per heavy atom. The molecule has 0 unspecified atom stereocenters. The maximum Gasteiger partial charge on any atom is 0.264 e. The minimum atomic E-state index is -0.115. The fourth-order valence-corrected chi connectivity index (χ4v) is 2.26. The monoisotopic (exact) mass is 323 g/mol. The van der Waals surface area contributed by atoms with Crippen LogP contribution in [0.15, 0.2) is 53.7 Å². The van der Waals surface area contributed by atoms with E-state index in [0.717, 1.165) is 22.8 Å². The van der Waals surface area contributed by atoms with E-state index in [-0.39, 0.29) is 11.0 Å². The summed E-state index contributed by atoms with van der Waals surface area (Å²) in [6, 6.07) is 9.32. The first-order valence-electron chi connectivity index (χ1n) is 7.85. The smallest absolute Gasteiger partial charge is 0.264 e. The molecule has 0 aliphatic carbocycles. The third-order valence-corrected chi connectivity index (χ3v) is 3.62. The zero-order valence-corrected chi connectivity index (χ0v) is 14.1. The van der Waals surface area contributed by atoms with Gasteiger partial charge in [0.15, 0.2) is 0 Å². The average Bonchev–Trinajstić information content (AvgIpc) is 2.99. The Morgan fingerprint density at radius 3 is 2.29 bits per heavy atom. The summed E-state index contributed by atoms with van der Waals surface area (Å²) in [4.78, 5) is 20.0. The van der Waals surface area contributed by atoms with Crippen molar-refractivity contribution in [3.8, 4) is 5.69 Å². The summed E-state index contributed by atoms with van der Waals surface area (Å²) in [7, 11) is 0. The number of anilines is 1. The van der Waals surface area contributed by atoms with E-state index in [4.69, 9.17) is 0 Å². The molecule has 0 amide bonds. The average molecular weight is 323 g/mol. The zero-order valence-electron chi connectivity index (χ0n) is 14.1. The van der Waals surface area contributed by atoms with Crippen LogP contribution < -0.4 is 10.9 Å². The van der Waals surface area contributed by atoms with Gasteiger partial charge in [-0.05, 0) is 24.3 Å². The van der Waals surface area contributed by atoms with Gasteiger partial charge in [-0.1, -0.05) is 20.8 Å². The van der Waals surface area contributed by atoms with Crippen molar-refractivity contribution in [2.45, 2.75) is 32.7 Å². The SMILES string of the molecule is CC(C)(C)c1ncc(CNc2ccc(-n3ccc(=O)[nH]3)cc2)cn1. The van der Waals surface area contributed by atoms with Crippen LogP contribution >= 0.6 is 0 Å². The first-order valence-corrected chi connectivity index (χ1v) is 7.85. The Balaban J connectivity index is 1.63. The normalized spacial score (nSPS) is 11.5. The molecular formula is C18H21N5O. The lowest BCUT2D eigenvalue weighted by atomic mass is 9.96. The van der Waals surface area contributed by atoms with Gasteiger partial charge >= 0.3 is 0 Å². The molecule has 2 N–H and O–H groups in total. The summed E-state index contributed by atoms with van der Waals surface area (Å²) < 4.78 is 1.69. The standard InChI is InChI=1S/C18H21N5O/c1-18(2,3)17-20-11-13(12-21-17)10-19-14-4-6-15(7-5-14)23-9-8-16(24)22-23/h4-9,11-12,19H,10H2,1-3H3,(H,22,24).